The van der Waals surface area contributed by atoms with E-state index in [-0.39, 0.29) is 52.1 Å². The van der Waals surface area contributed by atoms with Gasteiger partial charge in [-0.25, -0.2) is 4.98 Å². The van der Waals surface area contributed by atoms with E-state index in [4.69, 9.17) is 35.0 Å². The van der Waals surface area contributed by atoms with Gasteiger partial charge in [0.1, 0.15) is 39.4 Å². The van der Waals surface area contributed by atoms with Gasteiger partial charge >= 0.3 is 0 Å². The lowest BCUT2D eigenvalue weighted by atomic mass is 9.70. The first-order valence-corrected chi connectivity index (χ1v) is 14.4. The molecule has 1 N–H and O–H groups in total. The van der Waals surface area contributed by atoms with Crippen LogP contribution in [-0.2, 0) is 24.2 Å². The van der Waals surface area contributed by atoms with Crippen LogP contribution in [0, 0.1) is 5.92 Å². The number of aromatic nitrogens is 2. The third-order valence-electron chi connectivity index (χ3n) is 8.19. The van der Waals surface area contributed by atoms with E-state index in [1.807, 2.05) is 4.57 Å². The fraction of sp³-hybridized carbons (Fsp3) is 0.312. The van der Waals surface area contributed by atoms with Crippen molar-refractivity contribution in [1.82, 2.24) is 14.9 Å². The van der Waals surface area contributed by atoms with E-state index in [0.717, 1.165) is 0 Å². The molecule has 2 unspecified atom stereocenters. The molecule has 44 heavy (non-hydrogen) atoms. The van der Waals surface area contributed by atoms with Gasteiger partial charge in [-0.3, -0.25) is 14.4 Å². The maximum atomic E-state index is 14.6. The molecule has 12 heteroatoms. The van der Waals surface area contributed by atoms with Crippen molar-refractivity contribution < 1.29 is 37.7 Å². The number of methoxy groups -OCH3 is 3. The number of nitrogens with one attached hydrogen (secondary N) is 1. The summed E-state index contributed by atoms with van der Waals surface area (Å²) in [5, 5.41) is 2.96. The summed E-state index contributed by atoms with van der Waals surface area (Å²) < 4.78 is 30.6. The van der Waals surface area contributed by atoms with Crippen molar-refractivity contribution in [3.63, 3.8) is 0 Å². The van der Waals surface area contributed by atoms with Crippen LogP contribution in [0.15, 0.2) is 53.5 Å². The number of hydrogen-bond donors (Lipinski definition) is 1. The largest absolute Gasteiger partial charge is 0.497 e. The number of fused-ring (bicyclic) bond motifs is 2. The van der Waals surface area contributed by atoms with E-state index in [0.29, 0.717) is 41.5 Å². The van der Waals surface area contributed by atoms with Gasteiger partial charge in [0.15, 0.2) is 5.75 Å². The fourth-order valence-electron chi connectivity index (χ4n) is 5.94. The summed E-state index contributed by atoms with van der Waals surface area (Å²) in [6.07, 6.45) is 5.15. The van der Waals surface area contributed by atoms with Gasteiger partial charge < -0.3 is 33.2 Å². The summed E-state index contributed by atoms with van der Waals surface area (Å²) in [5.41, 5.74) is -0.704. The van der Waals surface area contributed by atoms with Crippen LogP contribution < -0.4 is 24.3 Å². The second-order valence-electron chi connectivity index (χ2n) is 10.7. The van der Waals surface area contributed by atoms with E-state index in [1.165, 1.54) is 20.3 Å². The number of amides is 1. The van der Waals surface area contributed by atoms with E-state index in [1.54, 1.807) is 57.0 Å². The maximum Gasteiger partial charge on any atom is 0.237 e. The Morgan fingerprint density at radius 3 is 2.48 bits per heavy atom. The molecule has 0 saturated heterocycles. The van der Waals surface area contributed by atoms with Gasteiger partial charge in [-0.2, -0.15) is 0 Å². The first-order chi connectivity index (χ1) is 21.2. The van der Waals surface area contributed by atoms with Crippen LogP contribution in [-0.4, -0.2) is 60.5 Å². The van der Waals surface area contributed by atoms with Gasteiger partial charge in [-0.1, -0.05) is 18.5 Å². The van der Waals surface area contributed by atoms with Crippen molar-refractivity contribution in [2.24, 2.45) is 5.92 Å². The summed E-state index contributed by atoms with van der Waals surface area (Å²) in [6, 6.07) is 8.60. The first-order valence-electron chi connectivity index (χ1n) is 14.0. The number of rotatable bonds is 9. The summed E-state index contributed by atoms with van der Waals surface area (Å²) in [4.78, 5) is 46.1. The molecule has 2 aromatic carbocycles. The molecule has 0 saturated carbocycles. The van der Waals surface area contributed by atoms with Crippen LogP contribution in [0.2, 0.25) is 5.02 Å². The number of ether oxygens (including phenoxy) is 4. The SMILES string of the molecule is COc1ccc(-c2oc3c(c2CC(=O)NCCn2ccnc2)C(=O)C2(Oc4c(Cl)c(OC)cc(OC)c4C2=O)C(C)C3)cc1. The zero-order valence-electron chi connectivity index (χ0n) is 24.6. The summed E-state index contributed by atoms with van der Waals surface area (Å²) >= 11 is 6.58. The highest BCUT2D eigenvalue weighted by Crippen LogP contribution is 2.54. The van der Waals surface area contributed by atoms with Crippen molar-refractivity contribution in [1.29, 1.82) is 0 Å². The van der Waals surface area contributed by atoms with Crippen LogP contribution >= 0.6 is 11.6 Å². The second-order valence-corrected chi connectivity index (χ2v) is 11.0. The van der Waals surface area contributed by atoms with Gasteiger partial charge in [0.2, 0.25) is 23.1 Å². The molecule has 1 amide bonds. The first kappa shape index (κ1) is 29.3. The number of imidazole rings is 1. The topological polar surface area (TPSA) is 131 Å². The molecule has 1 aliphatic heterocycles. The highest BCUT2D eigenvalue weighted by molar-refractivity contribution is 6.36. The number of hydrogen-bond acceptors (Lipinski definition) is 9. The monoisotopic (exact) mass is 619 g/mol. The van der Waals surface area contributed by atoms with Gasteiger partial charge in [-0.05, 0) is 24.3 Å². The van der Waals surface area contributed by atoms with Crippen molar-refractivity contribution in [2.75, 3.05) is 27.9 Å². The number of benzene rings is 2. The van der Waals surface area contributed by atoms with Crippen molar-refractivity contribution in [3.8, 4) is 34.3 Å². The van der Waals surface area contributed by atoms with Crippen LogP contribution in [0.25, 0.3) is 11.3 Å². The zero-order valence-corrected chi connectivity index (χ0v) is 25.3. The van der Waals surface area contributed by atoms with Gasteiger partial charge in [0, 0.05) is 55.0 Å². The van der Waals surface area contributed by atoms with Crippen LogP contribution in [0.3, 0.4) is 0 Å². The Bertz CT molecular complexity index is 1760. The Balaban J connectivity index is 1.42. The van der Waals surface area contributed by atoms with Crippen molar-refractivity contribution in [2.45, 2.75) is 31.9 Å². The molecule has 6 rings (SSSR count). The predicted octanol–water partition coefficient (Wildman–Crippen LogP) is 4.57. The smallest absolute Gasteiger partial charge is 0.237 e. The van der Waals surface area contributed by atoms with Crippen molar-refractivity contribution in [3.05, 3.63) is 76.5 Å². The molecule has 0 bridgehead atoms. The third kappa shape index (κ3) is 4.59. The maximum absolute atomic E-state index is 14.6. The third-order valence-corrected chi connectivity index (χ3v) is 8.55. The Labute approximate surface area is 258 Å². The highest BCUT2D eigenvalue weighted by atomic mass is 35.5. The second kappa shape index (κ2) is 11.4. The molecule has 1 spiro atoms. The molecule has 0 fully saturated rings. The quantitative estimate of drug-likeness (QED) is 0.268. The summed E-state index contributed by atoms with van der Waals surface area (Å²) in [5.74, 6) is -0.316. The number of ketones is 2. The molecule has 2 aromatic heterocycles. The molecular formula is C32H30ClN3O8. The molecule has 2 aliphatic rings. The standard InChI is InChI=1S/C32H30ClN3O8/c1-17-13-22-25(30(38)32(17)31(39)26-21(41-3)15-23(42-4)27(33)29(26)44-32)20(14-24(37)35-10-12-36-11-9-34-16-36)28(43-22)18-5-7-19(40-2)8-6-18/h5-9,11,15-17H,10,12-14H2,1-4H3,(H,35,37). The lowest BCUT2D eigenvalue weighted by molar-refractivity contribution is -0.120. The zero-order chi connectivity index (χ0) is 31.2. The Kier molecular flexibility index (Phi) is 7.58. The van der Waals surface area contributed by atoms with Crippen LogP contribution in [0.1, 0.15) is 39.0 Å². The Hall–Kier alpha value is -4.77. The highest BCUT2D eigenvalue weighted by Gasteiger charge is 2.63. The molecular weight excluding hydrogens is 590 g/mol. The summed E-state index contributed by atoms with van der Waals surface area (Å²) in [6.45, 7) is 2.62. The van der Waals surface area contributed by atoms with Crippen LogP contribution in [0.4, 0.5) is 0 Å². The molecule has 1 aliphatic carbocycles. The lowest BCUT2D eigenvalue weighted by Crippen LogP contribution is -2.56. The summed E-state index contributed by atoms with van der Waals surface area (Å²) in [7, 11) is 4.40. The lowest BCUT2D eigenvalue weighted by Gasteiger charge is -2.35. The molecule has 0 radical (unpaired) electrons. The van der Waals surface area contributed by atoms with E-state index in [2.05, 4.69) is 10.3 Å². The molecule has 2 atom stereocenters. The molecule has 4 aromatic rings. The molecule has 228 valence electrons. The minimum Gasteiger partial charge on any atom is -0.497 e. The van der Waals surface area contributed by atoms with E-state index < -0.39 is 23.1 Å². The number of Topliss-reactive ketones (excluding diaryl/α,β-unsaturated/α-hetero) is 2. The fourth-order valence-corrected chi connectivity index (χ4v) is 6.21. The Morgan fingerprint density at radius 2 is 1.82 bits per heavy atom. The van der Waals surface area contributed by atoms with E-state index in [9.17, 15) is 14.4 Å². The minimum atomic E-state index is -1.94. The van der Waals surface area contributed by atoms with Crippen molar-refractivity contribution >= 4 is 29.1 Å². The normalized spacial score (nSPS) is 18.5. The predicted molar refractivity (Wildman–Crippen MR) is 159 cm³/mol. The number of halogens is 1. The average Bonchev–Trinajstić information content (AvgIpc) is 3.75. The number of carbonyl (C=O) groups is 3. The average molecular weight is 620 g/mol. The van der Waals surface area contributed by atoms with Gasteiger partial charge in [0.25, 0.3) is 0 Å². The molecule has 11 nitrogen and oxygen atoms in total. The Morgan fingerprint density at radius 1 is 1.09 bits per heavy atom. The van der Waals surface area contributed by atoms with E-state index >= 15 is 0 Å². The number of carbonyl (C=O) groups excluding carboxylic acids is 3. The minimum absolute atomic E-state index is 0.0224. The number of furan rings is 1. The van der Waals surface area contributed by atoms with Gasteiger partial charge in [0.05, 0.1) is 39.6 Å². The number of nitrogens with zero attached hydrogens (tertiary/aromatic N) is 2. The van der Waals surface area contributed by atoms with Crippen LogP contribution in [0.5, 0.6) is 23.0 Å². The van der Waals surface area contributed by atoms with Gasteiger partial charge in [-0.15, -0.1) is 0 Å². The molecule has 3 heterocycles.